The molecule has 2 bridgehead atoms. The zero-order chi connectivity index (χ0) is 15.0. The third-order valence-electron chi connectivity index (χ3n) is 4.94. The normalized spacial score (nSPS) is 28.4. The van der Waals surface area contributed by atoms with Gasteiger partial charge in [-0.25, -0.2) is 0 Å². The Morgan fingerprint density at radius 2 is 1.90 bits per heavy atom. The van der Waals surface area contributed by atoms with Gasteiger partial charge in [-0.3, -0.25) is 4.79 Å². The molecule has 1 aromatic rings. The maximum absolute atomic E-state index is 12.3. The van der Waals surface area contributed by atoms with Gasteiger partial charge in [-0.15, -0.1) is 0 Å². The smallest absolute Gasteiger partial charge is 0.261 e. The molecule has 2 aliphatic rings. The highest BCUT2D eigenvalue weighted by molar-refractivity contribution is 5.81. The average molecular weight is 287 g/mol. The number of amides is 1. The van der Waals surface area contributed by atoms with Crippen LogP contribution in [-0.2, 0) is 4.79 Å². The van der Waals surface area contributed by atoms with E-state index in [0.717, 1.165) is 29.2 Å². The maximum Gasteiger partial charge on any atom is 0.261 e. The van der Waals surface area contributed by atoms with E-state index >= 15 is 0 Å². The van der Waals surface area contributed by atoms with Gasteiger partial charge < -0.3 is 10.1 Å². The minimum absolute atomic E-state index is 0.0201. The van der Waals surface area contributed by atoms with Crippen molar-refractivity contribution in [3.05, 3.63) is 29.3 Å². The van der Waals surface area contributed by atoms with Crippen molar-refractivity contribution in [3.8, 4) is 5.75 Å². The van der Waals surface area contributed by atoms with Crippen LogP contribution in [0, 0.1) is 25.7 Å². The van der Waals surface area contributed by atoms with Crippen molar-refractivity contribution in [2.75, 3.05) is 0 Å². The molecule has 3 rings (SSSR count). The van der Waals surface area contributed by atoms with Crippen LogP contribution in [0.15, 0.2) is 18.2 Å². The summed E-state index contributed by atoms with van der Waals surface area (Å²) in [6.45, 7) is 5.92. The van der Waals surface area contributed by atoms with Gasteiger partial charge in [0.2, 0.25) is 0 Å². The van der Waals surface area contributed by atoms with Crippen molar-refractivity contribution >= 4 is 5.91 Å². The quantitative estimate of drug-likeness (QED) is 0.922. The highest BCUT2D eigenvalue weighted by Gasteiger charge is 2.40. The molecule has 0 unspecified atom stereocenters. The number of ether oxygens (including phenoxy) is 1. The Labute approximate surface area is 127 Å². The molecule has 1 N–H and O–H groups in total. The van der Waals surface area contributed by atoms with Crippen LogP contribution in [0.4, 0.5) is 0 Å². The fourth-order valence-corrected chi connectivity index (χ4v) is 3.98. The summed E-state index contributed by atoms with van der Waals surface area (Å²) >= 11 is 0. The zero-order valence-electron chi connectivity index (χ0n) is 13.2. The number of benzene rings is 1. The summed E-state index contributed by atoms with van der Waals surface area (Å²) in [7, 11) is 0. The van der Waals surface area contributed by atoms with E-state index < -0.39 is 6.10 Å². The van der Waals surface area contributed by atoms with Crippen molar-refractivity contribution < 1.29 is 9.53 Å². The van der Waals surface area contributed by atoms with Crippen molar-refractivity contribution in [1.82, 2.24) is 5.32 Å². The van der Waals surface area contributed by atoms with Gasteiger partial charge in [0.1, 0.15) is 5.75 Å². The standard InChI is InChI=1S/C18H25NO2/c1-11-6-12(2)8-16(7-11)21-13(3)18(20)19-17-10-14-4-5-15(17)9-14/h6-8,13-15,17H,4-5,9-10H2,1-3H3,(H,19,20)/t13-,14-,15-,17+/m1/s1. The lowest BCUT2D eigenvalue weighted by molar-refractivity contribution is -0.128. The van der Waals surface area contributed by atoms with Crippen molar-refractivity contribution in [3.63, 3.8) is 0 Å². The molecule has 0 saturated heterocycles. The van der Waals surface area contributed by atoms with Crippen molar-refractivity contribution in [2.24, 2.45) is 11.8 Å². The number of fused-ring (bicyclic) bond motifs is 2. The second-order valence-corrected chi connectivity index (χ2v) is 6.87. The van der Waals surface area contributed by atoms with Gasteiger partial charge in [0.05, 0.1) is 0 Å². The minimum Gasteiger partial charge on any atom is -0.481 e. The van der Waals surface area contributed by atoms with Gasteiger partial charge in [-0.05, 0) is 75.1 Å². The van der Waals surface area contributed by atoms with Crippen LogP contribution in [0.25, 0.3) is 0 Å². The summed E-state index contributed by atoms with van der Waals surface area (Å²) in [6.07, 6.45) is 4.66. The third-order valence-corrected chi connectivity index (χ3v) is 4.94. The molecular weight excluding hydrogens is 262 g/mol. The molecule has 3 nitrogen and oxygen atoms in total. The Morgan fingerprint density at radius 3 is 2.48 bits per heavy atom. The fraction of sp³-hybridized carbons (Fsp3) is 0.611. The van der Waals surface area contributed by atoms with E-state index in [9.17, 15) is 4.79 Å². The molecule has 0 aliphatic heterocycles. The maximum atomic E-state index is 12.3. The predicted molar refractivity (Wildman–Crippen MR) is 83.4 cm³/mol. The highest BCUT2D eigenvalue weighted by Crippen LogP contribution is 2.44. The molecule has 1 amide bonds. The van der Waals surface area contributed by atoms with Gasteiger partial charge in [-0.2, -0.15) is 0 Å². The molecule has 114 valence electrons. The number of nitrogens with one attached hydrogen (secondary N) is 1. The Bertz CT molecular complexity index is 520. The summed E-state index contributed by atoms with van der Waals surface area (Å²) in [5, 5.41) is 3.20. The van der Waals surface area contributed by atoms with Gasteiger partial charge >= 0.3 is 0 Å². The van der Waals surface area contributed by atoms with Crippen LogP contribution >= 0.6 is 0 Å². The van der Waals surface area contributed by atoms with E-state index in [1.165, 1.54) is 19.3 Å². The number of carbonyl (C=O) groups is 1. The molecule has 2 saturated carbocycles. The van der Waals surface area contributed by atoms with Crippen LogP contribution in [0.5, 0.6) is 5.75 Å². The molecular formula is C18H25NO2. The first-order chi connectivity index (χ1) is 10.0. The summed E-state index contributed by atoms with van der Waals surface area (Å²) in [5.41, 5.74) is 2.32. The molecule has 3 heteroatoms. The third kappa shape index (κ3) is 3.22. The van der Waals surface area contributed by atoms with E-state index in [-0.39, 0.29) is 5.91 Å². The molecule has 1 aromatic carbocycles. The first kappa shape index (κ1) is 14.4. The topological polar surface area (TPSA) is 38.3 Å². The Kier molecular flexibility index (Phi) is 3.92. The average Bonchev–Trinajstić information content (AvgIpc) is 2.99. The van der Waals surface area contributed by atoms with E-state index in [1.807, 2.05) is 32.9 Å². The lowest BCUT2D eigenvalue weighted by Gasteiger charge is -2.25. The SMILES string of the molecule is Cc1cc(C)cc(O[C@H](C)C(=O)N[C@H]2C[C@@H]3CC[C@@H]2C3)c1. The van der Waals surface area contributed by atoms with E-state index in [1.54, 1.807) is 0 Å². The van der Waals surface area contributed by atoms with Crippen molar-refractivity contribution in [1.29, 1.82) is 0 Å². The molecule has 0 radical (unpaired) electrons. The fourth-order valence-electron chi connectivity index (χ4n) is 3.98. The number of hydrogen-bond acceptors (Lipinski definition) is 2. The summed E-state index contributed by atoms with van der Waals surface area (Å²) in [6, 6.07) is 6.44. The van der Waals surface area contributed by atoms with Crippen LogP contribution < -0.4 is 10.1 Å². The number of carbonyl (C=O) groups excluding carboxylic acids is 1. The number of hydrogen-bond donors (Lipinski definition) is 1. The van der Waals surface area contributed by atoms with Crippen molar-refractivity contribution in [2.45, 2.75) is 58.6 Å². The van der Waals surface area contributed by atoms with Crippen LogP contribution in [0.1, 0.15) is 43.7 Å². The van der Waals surface area contributed by atoms with Crippen LogP contribution in [-0.4, -0.2) is 18.1 Å². The van der Waals surface area contributed by atoms with Gasteiger partial charge in [-0.1, -0.05) is 12.5 Å². The molecule has 0 aromatic heterocycles. The Morgan fingerprint density at radius 1 is 1.19 bits per heavy atom. The molecule has 2 fully saturated rings. The first-order valence-electron chi connectivity index (χ1n) is 8.06. The summed E-state index contributed by atoms with van der Waals surface area (Å²) < 4.78 is 5.82. The molecule has 0 spiro atoms. The Hall–Kier alpha value is -1.51. The lowest BCUT2D eigenvalue weighted by atomic mass is 9.95. The second kappa shape index (κ2) is 5.70. The number of rotatable bonds is 4. The van der Waals surface area contributed by atoms with Gasteiger partial charge in [0.15, 0.2) is 6.10 Å². The van der Waals surface area contributed by atoms with Crippen LogP contribution in [0.2, 0.25) is 0 Å². The molecule has 21 heavy (non-hydrogen) atoms. The van der Waals surface area contributed by atoms with E-state index in [0.29, 0.717) is 12.0 Å². The summed E-state index contributed by atoms with van der Waals surface area (Å²) in [5.74, 6) is 2.35. The highest BCUT2D eigenvalue weighted by atomic mass is 16.5. The van der Waals surface area contributed by atoms with Gasteiger partial charge in [0, 0.05) is 6.04 Å². The zero-order valence-corrected chi connectivity index (χ0v) is 13.2. The van der Waals surface area contributed by atoms with Gasteiger partial charge in [0.25, 0.3) is 5.91 Å². The molecule has 0 heterocycles. The van der Waals surface area contributed by atoms with Crippen LogP contribution in [0.3, 0.4) is 0 Å². The second-order valence-electron chi connectivity index (χ2n) is 6.87. The Balaban J connectivity index is 1.57. The lowest BCUT2D eigenvalue weighted by Crippen LogP contribution is -2.44. The van der Waals surface area contributed by atoms with E-state index in [2.05, 4.69) is 11.4 Å². The van der Waals surface area contributed by atoms with E-state index in [4.69, 9.17) is 4.74 Å². The summed E-state index contributed by atoms with van der Waals surface area (Å²) in [4.78, 5) is 12.3. The largest absolute Gasteiger partial charge is 0.481 e. The monoisotopic (exact) mass is 287 g/mol. The predicted octanol–water partition coefficient (Wildman–Crippen LogP) is 3.38. The molecule has 4 atom stereocenters. The molecule has 2 aliphatic carbocycles. The number of aryl methyl sites for hydroxylation is 2. The first-order valence-corrected chi connectivity index (χ1v) is 8.06. The minimum atomic E-state index is -0.440.